The highest BCUT2D eigenvalue weighted by atomic mass is 16.6. The zero-order valence-corrected chi connectivity index (χ0v) is 10.1. The van der Waals surface area contributed by atoms with E-state index in [1.54, 1.807) is 0 Å². The van der Waals surface area contributed by atoms with E-state index in [0.717, 1.165) is 18.5 Å². The van der Waals surface area contributed by atoms with Crippen molar-refractivity contribution in [3.8, 4) is 0 Å². The van der Waals surface area contributed by atoms with E-state index in [1.165, 1.54) is 6.92 Å². The maximum atomic E-state index is 11.0. The van der Waals surface area contributed by atoms with Crippen LogP contribution in [0.2, 0.25) is 0 Å². The Bertz CT molecular complexity index is 324. The first-order valence-electron chi connectivity index (χ1n) is 5.60. The zero-order valence-electron chi connectivity index (χ0n) is 10.1. The molecule has 0 aliphatic carbocycles. The van der Waals surface area contributed by atoms with Gasteiger partial charge in [-0.3, -0.25) is 4.79 Å². The number of hydrogen-bond donors (Lipinski definition) is 0. The molecule has 0 radical (unpaired) electrons. The molecule has 1 rings (SSSR count). The van der Waals surface area contributed by atoms with Crippen LogP contribution >= 0.6 is 0 Å². The van der Waals surface area contributed by atoms with Gasteiger partial charge in [0, 0.05) is 26.1 Å². The minimum absolute atomic E-state index is 0.176. The van der Waals surface area contributed by atoms with Gasteiger partial charge in [0.25, 0.3) is 0 Å². The van der Waals surface area contributed by atoms with Crippen LogP contribution in [0, 0.1) is 0 Å². The molecule has 0 saturated heterocycles. The van der Waals surface area contributed by atoms with E-state index in [4.69, 9.17) is 4.74 Å². The molecule has 1 atom stereocenters. The van der Waals surface area contributed by atoms with Crippen LogP contribution in [0.25, 0.3) is 0 Å². The third-order valence-corrected chi connectivity index (χ3v) is 2.43. The van der Waals surface area contributed by atoms with Gasteiger partial charge in [0.05, 0.1) is 0 Å². The number of benzene rings is 1. The molecule has 88 valence electrons. The molecule has 0 fully saturated rings. The Morgan fingerprint density at radius 3 is 2.50 bits per heavy atom. The first-order valence-corrected chi connectivity index (χ1v) is 5.60. The fourth-order valence-electron chi connectivity index (χ4n) is 1.60. The van der Waals surface area contributed by atoms with Crippen LogP contribution in [-0.4, -0.2) is 19.2 Å². The van der Waals surface area contributed by atoms with Crippen molar-refractivity contribution < 1.29 is 9.53 Å². The fourth-order valence-corrected chi connectivity index (χ4v) is 1.60. The Balaban J connectivity index is 2.74. The quantitative estimate of drug-likeness (QED) is 0.565. The van der Waals surface area contributed by atoms with Gasteiger partial charge in [-0.15, -0.1) is 0 Å². The van der Waals surface area contributed by atoms with E-state index in [1.807, 2.05) is 42.3 Å². The summed E-state index contributed by atoms with van der Waals surface area (Å²) >= 11 is 0. The van der Waals surface area contributed by atoms with Crippen LogP contribution in [0.4, 0.5) is 5.69 Å². The van der Waals surface area contributed by atoms with Crippen molar-refractivity contribution in [3.63, 3.8) is 0 Å². The number of ether oxygens (including phenoxy) is 1. The first kappa shape index (κ1) is 12.6. The second-order valence-corrected chi connectivity index (χ2v) is 3.80. The van der Waals surface area contributed by atoms with Gasteiger partial charge >= 0.3 is 5.97 Å². The maximum absolute atomic E-state index is 11.0. The molecule has 0 aliphatic heterocycles. The molecule has 0 spiro atoms. The van der Waals surface area contributed by atoms with Gasteiger partial charge in [-0.05, 0) is 12.1 Å². The summed E-state index contributed by atoms with van der Waals surface area (Å²) in [7, 11) is 1.94. The van der Waals surface area contributed by atoms with Gasteiger partial charge in [-0.25, -0.2) is 0 Å². The number of esters is 1. The van der Waals surface area contributed by atoms with E-state index in [2.05, 4.69) is 6.92 Å². The molecule has 0 amide bonds. The highest BCUT2D eigenvalue weighted by Crippen LogP contribution is 2.17. The second-order valence-electron chi connectivity index (χ2n) is 3.80. The molecule has 0 N–H and O–H groups in total. The third-order valence-electron chi connectivity index (χ3n) is 2.43. The van der Waals surface area contributed by atoms with Crippen molar-refractivity contribution >= 4 is 11.7 Å². The summed E-state index contributed by atoms with van der Waals surface area (Å²) < 4.78 is 5.29. The Hall–Kier alpha value is -1.51. The standard InChI is InChI=1S/C13H19NO2/c1-4-8-13(16-11(2)15)14(3)12-9-6-5-7-10-12/h5-7,9-10,13H,4,8H2,1-3H3. The van der Waals surface area contributed by atoms with Gasteiger partial charge in [0.15, 0.2) is 6.23 Å². The summed E-state index contributed by atoms with van der Waals surface area (Å²) in [5.74, 6) is -0.235. The van der Waals surface area contributed by atoms with E-state index < -0.39 is 0 Å². The van der Waals surface area contributed by atoms with E-state index >= 15 is 0 Å². The molecular weight excluding hydrogens is 202 g/mol. The van der Waals surface area contributed by atoms with Crippen molar-refractivity contribution in [2.24, 2.45) is 0 Å². The molecule has 3 heteroatoms. The van der Waals surface area contributed by atoms with Crippen LogP contribution in [0.1, 0.15) is 26.7 Å². The number of rotatable bonds is 5. The minimum atomic E-state index is -0.235. The lowest BCUT2D eigenvalue weighted by molar-refractivity contribution is -0.146. The zero-order chi connectivity index (χ0) is 12.0. The summed E-state index contributed by atoms with van der Waals surface area (Å²) in [6, 6.07) is 9.93. The SMILES string of the molecule is CCCC(OC(C)=O)N(C)c1ccccc1. The molecule has 3 nitrogen and oxygen atoms in total. The molecular formula is C13H19NO2. The topological polar surface area (TPSA) is 29.5 Å². The number of hydrogen-bond acceptors (Lipinski definition) is 3. The summed E-state index contributed by atoms with van der Waals surface area (Å²) in [4.78, 5) is 13.0. The van der Waals surface area contributed by atoms with Crippen molar-refractivity contribution in [1.29, 1.82) is 0 Å². The number of anilines is 1. The summed E-state index contributed by atoms with van der Waals surface area (Å²) in [6.45, 7) is 3.52. The Kier molecular flexibility index (Phi) is 4.83. The third kappa shape index (κ3) is 3.57. The lowest BCUT2D eigenvalue weighted by Gasteiger charge is -2.29. The van der Waals surface area contributed by atoms with Gasteiger partial charge < -0.3 is 9.64 Å². The average Bonchev–Trinajstić information content (AvgIpc) is 2.28. The predicted octanol–water partition coefficient (Wildman–Crippen LogP) is 2.81. The predicted molar refractivity (Wildman–Crippen MR) is 65.3 cm³/mol. The van der Waals surface area contributed by atoms with Crippen LogP contribution in [0.15, 0.2) is 30.3 Å². The molecule has 1 aromatic carbocycles. The highest BCUT2D eigenvalue weighted by molar-refractivity contribution is 5.66. The summed E-state index contributed by atoms with van der Waals surface area (Å²) in [6.07, 6.45) is 1.64. The second kappa shape index (κ2) is 6.16. The van der Waals surface area contributed by atoms with Crippen LogP contribution in [-0.2, 0) is 9.53 Å². The van der Waals surface area contributed by atoms with Crippen molar-refractivity contribution in [2.75, 3.05) is 11.9 Å². The van der Waals surface area contributed by atoms with Gasteiger partial charge in [-0.1, -0.05) is 31.5 Å². The van der Waals surface area contributed by atoms with Crippen LogP contribution in [0.5, 0.6) is 0 Å². The molecule has 1 aromatic rings. The minimum Gasteiger partial charge on any atom is -0.442 e. The van der Waals surface area contributed by atoms with Crippen LogP contribution < -0.4 is 4.90 Å². The van der Waals surface area contributed by atoms with E-state index in [0.29, 0.717) is 0 Å². The molecule has 0 bridgehead atoms. The largest absolute Gasteiger partial charge is 0.442 e. The van der Waals surface area contributed by atoms with E-state index in [-0.39, 0.29) is 12.2 Å². The lowest BCUT2D eigenvalue weighted by atomic mass is 10.2. The molecule has 0 aromatic heterocycles. The molecule has 0 saturated carbocycles. The number of carbonyl (C=O) groups excluding carboxylic acids is 1. The number of para-hydroxylation sites is 1. The number of carbonyl (C=O) groups is 1. The smallest absolute Gasteiger partial charge is 0.304 e. The maximum Gasteiger partial charge on any atom is 0.304 e. The lowest BCUT2D eigenvalue weighted by Crippen LogP contribution is -2.35. The monoisotopic (exact) mass is 221 g/mol. The first-order chi connectivity index (χ1) is 7.65. The molecule has 0 aliphatic rings. The van der Waals surface area contributed by atoms with E-state index in [9.17, 15) is 4.79 Å². The van der Waals surface area contributed by atoms with Gasteiger partial charge in [-0.2, -0.15) is 0 Å². The van der Waals surface area contributed by atoms with Crippen molar-refractivity contribution in [2.45, 2.75) is 32.9 Å². The molecule has 16 heavy (non-hydrogen) atoms. The molecule has 1 unspecified atom stereocenters. The number of nitrogens with zero attached hydrogens (tertiary/aromatic N) is 1. The normalized spacial score (nSPS) is 11.9. The van der Waals surface area contributed by atoms with Crippen molar-refractivity contribution in [3.05, 3.63) is 30.3 Å². The Morgan fingerprint density at radius 2 is 2.00 bits per heavy atom. The summed E-state index contributed by atoms with van der Waals surface area (Å²) in [5, 5.41) is 0. The fraction of sp³-hybridized carbons (Fsp3) is 0.462. The van der Waals surface area contributed by atoms with Crippen molar-refractivity contribution in [1.82, 2.24) is 0 Å². The highest BCUT2D eigenvalue weighted by Gasteiger charge is 2.16. The Morgan fingerprint density at radius 1 is 1.38 bits per heavy atom. The van der Waals surface area contributed by atoms with Gasteiger partial charge in [0.2, 0.25) is 0 Å². The van der Waals surface area contributed by atoms with Crippen LogP contribution in [0.3, 0.4) is 0 Å². The summed E-state index contributed by atoms with van der Waals surface area (Å²) in [5.41, 5.74) is 1.06. The van der Waals surface area contributed by atoms with Gasteiger partial charge in [0.1, 0.15) is 0 Å². The Labute approximate surface area is 97.0 Å². The average molecular weight is 221 g/mol. The molecule has 0 heterocycles.